The highest BCUT2D eigenvalue weighted by atomic mass is 15.2. The summed E-state index contributed by atoms with van der Waals surface area (Å²) in [4.78, 5) is 17.2. The van der Waals surface area contributed by atoms with Crippen LogP contribution in [-0.2, 0) is 6.42 Å². The van der Waals surface area contributed by atoms with Gasteiger partial charge in [0.15, 0.2) is 5.65 Å². The highest BCUT2D eigenvalue weighted by Gasteiger charge is 2.15. The molecule has 0 saturated heterocycles. The number of aromatic amines is 2. The Balaban J connectivity index is 1.21. The third-order valence-electron chi connectivity index (χ3n) is 6.94. The van der Waals surface area contributed by atoms with E-state index in [4.69, 9.17) is 0 Å². The highest BCUT2D eigenvalue weighted by molar-refractivity contribution is 6.00. The van der Waals surface area contributed by atoms with Crippen molar-refractivity contribution >= 4 is 27.6 Å². The summed E-state index contributed by atoms with van der Waals surface area (Å²) in [6, 6.07) is 28.7. The highest BCUT2D eigenvalue weighted by Crippen LogP contribution is 2.34. The number of pyridine rings is 3. The third-order valence-corrected chi connectivity index (χ3v) is 6.94. The van der Waals surface area contributed by atoms with Crippen molar-refractivity contribution < 1.29 is 0 Å². The quantitative estimate of drug-likeness (QED) is 0.204. The summed E-state index contributed by atoms with van der Waals surface area (Å²) in [5, 5.41) is 13.1. The molecule has 0 saturated carbocycles. The van der Waals surface area contributed by atoms with Crippen LogP contribution in [0.2, 0.25) is 0 Å². The molecule has 7 nitrogen and oxygen atoms in total. The number of hydrogen-bond donors (Lipinski definition) is 3. The average molecular weight is 520 g/mol. The molecule has 0 aliphatic heterocycles. The molecule has 192 valence electrons. The van der Waals surface area contributed by atoms with E-state index < -0.39 is 0 Å². The lowest BCUT2D eigenvalue weighted by Crippen LogP contribution is -2.02. The number of fused-ring (bicyclic) bond motifs is 2. The summed E-state index contributed by atoms with van der Waals surface area (Å²) in [5.41, 5.74) is 10.4. The van der Waals surface area contributed by atoms with E-state index in [-0.39, 0.29) is 0 Å². The van der Waals surface area contributed by atoms with Gasteiger partial charge in [-0.1, -0.05) is 55.1 Å². The predicted molar refractivity (Wildman–Crippen MR) is 161 cm³/mol. The van der Waals surface area contributed by atoms with E-state index >= 15 is 0 Å². The van der Waals surface area contributed by atoms with Gasteiger partial charge in [-0.05, 0) is 42.0 Å². The fourth-order valence-corrected chi connectivity index (χ4v) is 5.05. The van der Waals surface area contributed by atoms with Crippen LogP contribution in [0.3, 0.4) is 0 Å². The van der Waals surface area contributed by atoms with Crippen LogP contribution in [-0.4, -0.2) is 30.1 Å². The largest absolute Gasteiger partial charge is 0.358 e. The van der Waals surface area contributed by atoms with Crippen LogP contribution in [0.5, 0.6) is 0 Å². The molecule has 0 amide bonds. The molecule has 5 aromatic heterocycles. The van der Waals surface area contributed by atoms with Crippen molar-refractivity contribution in [3.05, 3.63) is 128 Å². The topological polar surface area (TPSA) is 95.2 Å². The van der Waals surface area contributed by atoms with Crippen molar-refractivity contribution in [3.63, 3.8) is 0 Å². The van der Waals surface area contributed by atoms with Crippen LogP contribution < -0.4 is 5.32 Å². The summed E-state index contributed by atoms with van der Waals surface area (Å²) in [5.74, 6) is 0. The van der Waals surface area contributed by atoms with Gasteiger partial charge in [0, 0.05) is 63.7 Å². The van der Waals surface area contributed by atoms with E-state index in [1.165, 1.54) is 5.56 Å². The number of nitrogens with one attached hydrogen (secondary N) is 3. The Morgan fingerprint density at radius 2 is 1.68 bits per heavy atom. The lowest BCUT2D eigenvalue weighted by molar-refractivity contribution is 1.10. The summed E-state index contributed by atoms with van der Waals surface area (Å²) in [6.45, 7) is 4.20. The smallest absolute Gasteiger partial charge is 0.181 e. The second kappa shape index (κ2) is 9.96. The number of hydrogen-bond acceptors (Lipinski definition) is 5. The SMILES string of the molecule is C=C(Cc1ccccc1)Nc1cncc(-c2cnc3n[nH]c(-c4cc5c(-c6ccccn6)cccc5[nH]4)c3c2)c1. The lowest BCUT2D eigenvalue weighted by Gasteiger charge is -2.11. The van der Waals surface area contributed by atoms with Crippen LogP contribution >= 0.6 is 0 Å². The maximum absolute atomic E-state index is 4.64. The molecule has 0 bridgehead atoms. The number of nitrogens with zero attached hydrogens (tertiary/aromatic N) is 4. The third kappa shape index (κ3) is 4.50. The number of allylic oxidation sites excluding steroid dienone is 1. The average Bonchev–Trinajstić information content (AvgIpc) is 3.62. The fourth-order valence-electron chi connectivity index (χ4n) is 5.05. The van der Waals surface area contributed by atoms with Crippen molar-refractivity contribution in [2.24, 2.45) is 0 Å². The molecule has 3 N–H and O–H groups in total. The Hall–Kier alpha value is -5.56. The predicted octanol–water partition coefficient (Wildman–Crippen LogP) is 7.40. The van der Waals surface area contributed by atoms with Crippen molar-refractivity contribution in [1.29, 1.82) is 0 Å². The molecule has 2 aromatic carbocycles. The molecular weight excluding hydrogens is 494 g/mol. The zero-order chi connectivity index (χ0) is 26.9. The molecule has 0 aliphatic rings. The van der Waals surface area contributed by atoms with E-state index in [9.17, 15) is 0 Å². The maximum atomic E-state index is 4.64. The van der Waals surface area contributed by atoms with Crippen LogP contribution in [0.1, 0.15) is 5.56 Å². The minimum Gasteiger partial charge on any atom is -0.358 e. The van der Waals surface area contributed by atoms with Gasteiger partial charge in [0.2, 0.25) is 0 Å². The van der Waals surface area contributed by atoms with Gasteiger partial charge in [-0.25, -0.2) is 4.98 Å². The fraction of sp³-hybridized carbons (Fsp3) is 0.0303. The number of H-pyrrole nitrogens is 2. The molecule has 0 atom stereocenters. The first-order valence-corrected chi connectivity index (χ1v) is 13.0. The van der Waals surface area contributed by atoms with E-state index in [1.807, 2.05) is 61.1 Å². The first kappa shape index (κ1) is 23.5. The van der Waals surface area contributed by atoms with Gasteiger partial charge in [0.05, 0.1) is 29.0 Å². The first-order valence-electron chi connectivity index (χ1n) is 13.0. The molecule has 0 spiro atoms. The van der Waals surface area contributed by atoms with Crippen molar-refractivity contribution in [2.45, 2.75) is 6.42 Å². The Morgan fingerprint density at radius 1 is 0.800 bits per heavy atom. The van der Waals surface area contributed by atoms with Crippen molar-refractivity contribution in [3.8, 4) is 33.8 Å². The van der Waals surface area contributed by atoms with Crippen LogP contribution in [0.15, 0.2) is 122 Å². The van der Waals surface area contributed by atoms with Gasteiger partial charge in [-0.3, -0.25) is 15.1 Å². The van der Waals surface area contributed by atoms with Gasteiger partial charge in [0.1, 0.15) is 0 Å². The lowest BCUT2D eigenvalue weighted by atomic mass is 10.1. The van der Waals surface area contributed by atoms with Gasteiger partial charge < -0.3 is 10.3 Å². The van der Waals surface area contributed by atoms with E-state index in [0.29, 0.717) is 5.65 Å². The Labute approximate surface area is 230 Å². The van der Waals surface area contributed by atoms with Crippen LogP contribution in [0.4, 0.5) is 5.69 Å². The molecule has 0 fully saturated rings. The minimum atomic E-state index is 0.654. The van der Waals surface area contributed by atoms with Gasteiger partial charge in [-0.15, -0.1) is 0 Å². The van der Waals surface area contributed by atoms with E-state index in [2.05, 4.69) is 84.5 Å². The molecule has 0 aliphatic carbocycles. The van der Waals surface area contributed by atoms with Crippen LogP contribution in [0.25, 0.3) is 55.7 Å². The van der Waals surface area contributed by atoms with Crippen LogP contribution in [0, 0.1) is 0 Å². The summed E-state index contributed by atoms with van der Waals surface area (Å²) in [7, 11) is 0. The molecular formula is C33H25N7. The minimum absolute atomic E-state index is 0.654. The molecule has 7 aromatic rings. The number of benzene rings is 2. The van der Waals surface area contributed by atoms with Gasteiger partial charge in [-0.2, -0.15) is 5.10 Å². The van der Waals surface area contributed by atoms with Crippen molar-refractivity contribution in [2.75, 3.05) is 5.32 Å². The zero-order valence-electron chi connectivity index (χ0n) is 21.6. The standard InChI is InChI=1S/C33H25N7/c1-21(14-22-8-3-2-4-9-22)37-25-15-23(18-34-20-25)24-16-28-32(39-40-33(28)36-19-24)31-17-27-26(10-7-12-30(27)38-31)29-11-5-6-13-35-29/h2-13,15-20,37-38H,1,14H2,(H,36,39,40). The maximum Gasteiger partial charge on any atom is 0.181 e. The Kier molecular flexibility index (Phi) is 5.86. The number of rotatable bonds is 7. The molecule has 7 rings (SSSR count). The monoisotopic (exact) mass is 519 g/mol. The molecule has 40 heavy (non-hydrogen) atoms. The Morgan fingerprint density at radius 3 is 2.55 bits per heavy atom. The molecule has 7 heteroatoms. The van der Waals surface area contributed by atoms with E-state index in [0.717, 1.165) is 67.9 Å². The number of aromatic nitrogens is 6. The number of anilines is 1. The Bertz CT molecular complexity index is 1970. The summed E-state index contributed by atoms with van der Waals surface area (Å²) >= 11 is 0. The summed E-state index contributed by atoms with van der Waals surface area (Å²) < 4.78 is 0. The molecule has 0 unspecified atom stereocenters. The first-order chi connectivity index (χ1) is 19.7. The normalized spacial score (nSPS) is 11.2. The summed E-state index contributed by atoms with van der Waals surface area (Å²) in [6.07, 6.45) is 8.03. The molecule has 0 radical (unpaired) electrons. The van der Waals surface area contributed by atoms with Gasteiger partial charge in [0.25, 0.3) is 0 Å². The second-order valence-corrected chi connectivity index (χ2v) is 9.71. The zero-order valence-corrected chi connectivity index (χ0v) is 21.6. The van der Waals surface area contributed by atoms with Crippen molar-refractivity contribution in [1.82, 2.24) is 30.1 Å². The van der Waals surface area contributed by atoms with E-state index in [1.54, 1.807) is 6.20 Å². The second-order valence-electron chi connectivity index (χ2n) is 9.71. The molecule has 5 heterocycles. The van der Waals surface area contributed by atoms with Gasteiger partial charge >= 0.3 is 0 Å².